The van der Waals surface area contributed by atoms with E-state index in [1.54, 1.807) is 13.3 Å². The van der Waals surface area contributed by atoms with Gasteiger partial charge in [0.1, 0.15) is 5.75 Å². The molecule has 2 aromatic carbocycles. The van der Waals surface area contributed by atoms with Crippen molar-refractivity contribution in [3.05, 3.63) is 54.7 Å². The molecule has 1 fully saturated rings. The molecule has 0 radical (unpaired) electrons. The Morgan fingerprint density at radius 1 is 0.929 bits per heavy atom. The molecule has 1 aliphatic heterocycles. The molecule has 0 atom stereocenters. The Bertz CT molecular complexity index is 909. The Labute approximate surface area is 164 Å². The van der Waals surface area contributed by atoms with Gasteiger partial charge in [-0.15, -0.1) is 5.10 Å². The van der Waals surface area contributed by atoms with Gasteiger partial charge in [0, 0.05) is 24.5 Å². The third-order valence-corrected chi connectivity index (χ3v) is 4.77. The third kappa shape index (κ3) is 4.31. The lowest BCUT2D eigenvalue weighted by molar-refractivity contribution is 0.417. The number of hydrogen-bond acceptors (Lipinski definition) is 7. The Balaban J connectivity index is 1.44. The molecular formula is C21H24N6O. The fourth-order valence-corrected chi connectivity index (χ4v) is 3.34. The van der Waals surface area contributed by atoms with Crippen LogP contribution in [0.2, 0.25) is 0 Å². The molecule has 3 aromatic rings. The molecule has 0 unspecified atom stereocenters. The minimum Gasteiger partial charge on any atom is -0.495 e. The van der Waals surface area contributed by atoms with Crippen molar-refractivity contribution in [1.82, 2.24) is 15.2 Å². The number of methoxy groups -OCH3 is 1. The summed E-state index contributed by atoms with van der Waals surface area (Å²) in [5, 5.41) is 14.5. The van der Waals surface area contributed by atoms with Crippen LogP contribution in [0.4, 0.5) is 28.8 Å². The van der Waals surface area contributed by atoms with Crippen LogP contribution in [-0.4, -0.2) is 35.4 Å². The van der Waals surface area contributed by atoms with Gasteiger partial charge in [-0.05, 0) is 55.7 Å². The normalized spacial score (nSPS) is 13.8. The fourth-order valence-electron chi connectivity index (χ4n) is 3.34. The molecule has 144 valence electrons. The monoisotopic (exact) mass is 376 g/mol. The molecule has 0 amide bonds. The summed E-state index contributed by atoms with van der Waals surface area (Å²) in [4.78, 5) is 6.93. The van der Waals surface area contributed by atoms with E-state index < -0.39 is 0 Å². The Hall–Kier alpha value is -3.35. The van der Waals surface area contributed by atoms with Gasteiger partial charge in [0.2, 0.25) is 5.95 Å². The van der Waals surface area contributed by atoms with Gasteiger partial charge in [0.15, 0.2) is 5.82 Å². The van der Waals surface area contributed by atoms with Gasteiger partial charge < -0.3 is 20.3 Å². The lowest BCUT2D eigenvalue weighted by Gasteiger charge is -2.28. The van der Waals surface area contributed by atoms with Crippen LogP contribution in [0.25, 0.3) is 0 Å². The third-order valence-electron chi connectivity index (χ3n) is 4.77. The molecule has 7 nitrogen and oxygen atoms in total. The van der Waals surface area contributed by atoms with Crippen molar-refractivity contribution in [2.75, 3.05) is 35.7 Å². The van der Waals surface area contributed by atoms with E-state index in [0.717, 1.165) is 30.2 Å². The smallest absolute Gasteiger partial charge is 0.249 e. The zero-order valence-corrected chi connectivity index (χ0v) is 15.9. The largest absolute Gasteiger partial charge is 0.495 e. The summed E-state index contributed by atoms with van der Waals surface area (Å²) < 4.78 is 5.35. The number of ether oxygens (including phenoxy) is 1. The van der Waals surface area contributed by atoms with E-state index in [-0.39, 0.29) is 0 Å². The fraction of sp³-hybridized carbons (Fsp3) is 0.286. The van der Waals surface area contributed by atoms with Crippen LogP contribution in [0.1, 0.15) is 19.3 Å². The lowest BCUT2D eigenvalue weighted by Crippen LogP contribution is -2.29. The number of nitrogens with one attached hydrogen (secondary N) is 2. The van der Waals surface area contributed by atoms with Crippen molar-refractivity contribution in [2.24, 2.45) is 0 Å². The van der Waals surface area contributed by atoms with Gasteiger partial charge in [-0.1, -0.05) is 12.1 Å². The van der Waals surface area contributed by atoms with E-state index in [2.05, 4.69) is 55.0 Å². The molecule has 0 spiro atoms. The van der Waals surface area contributed by atoms with Crippen molar-refractivity contribution >= 4 is 28.8 Å². The van der Waals surface area contributed by atoms with Crippen LogP contribution < -0.4 is 20.3 Å². The first-order chi connectivity index (χ1) is 13.8. The summed E-state index contributed by atoms with van der Waals surface area (Å²) in [5.74, 6) is 1.75. The summed E-state index contributed by atoms with van der Waals surface area (Å²) in [6.45, 7) is 2.28. The molecule has 2 N–H and O–H groups in total. The predicted octanol–water partition coefficient (Wildman–Crippen LogP) is 4.36. The van der Waals surface area contributed by atoms with Crippen molar-refractivity contribution in [1.29, 1.82) is 0 Å². The highest BCUT2D eigenvalue weighted by molar-refractivity contribution is 5.64. The second-order valence-corrected chi connectivity index (χ2v) is 6.71. The first-order valence-electron chi connectivity index (χ1n) is 9.53. The first kappa shape index (κ1) is 18.0. The topological polar surface area (TPSA) is 75.2 Å². The maximum atomic E-state index is 5.35. The number of benzene rings is 2. The van der Waals surface area contributed by atoms with E-state index in [1.807, 2.05) is 24.3 Å². The maximum Gasteiger partial charge on any atom is 0.249 e. The molecule has 0 aliphatic carbocycles. The lowest BCUT2D eigenvalue weighted by atomic mass is 10.1. The standard InChI is InChI=1S/C21H24N6O/c1-28-19-8-4-3-7-18(19)24-21-25-20(15-22-26-21)23-16-9-11-17(12-10-16)27-13-5-2-6-14-27/h3-4,7-12,15H,2,5-6,13-14H2,1H3,(H2,23,24,25,26). The summed E-state index contributed by atoms with van der Waals surface area (Å²) in [7, 11) is 1.63. The molecular weight excluding hydrogens is 352 g/mol. The minimum atomic E-state index is 0.402. The molecule has 1 aromatic heterocycles. The number of para-hydroxylation sites is 2. The van der Waals surface area contributed by atoms with Gasteiger partial charge in [-0.2, -0.15) is 10.1 Å². The number of anilines is 5. The van der Waals surface area contributed by atoms with E-state index in [0.29, 0.717) is 11.8 Å². The maximum absolute atomic E-state index is 5.35. The van der Waals surface area contributed by atoms with E-state index in [4.69, 9.17) is 4.74 Å². The van der Waals surface area contributed by atoms with Crippen LogP contribution in [0.5, 0.6) is 5.75 Å². The summed E-state index contributed by atoms with van der Waals surface area (Å²) in [6.07, 6.45) is 5.48. The molecule has 2 heterocycles. The Kier molecular flexibility index (Phi) is 5.51. The number of aromatic nitrogens is 3. The molecule has 4 rings (SSSR count). The quantitative estimate of drug-likeness (QED) is 0.662. The molecule has 0 bridgehead atoms. The van der Waals surface area contributed by atoms with Crippen LogP contribution in [0.15, 0.2) is 54.7 Å². The van der Waals surface area contributed by atoms with Gasteiger partial charge in [-0.3, -0.25) is 0 Å². The second-order valence-electron chi connectivity index (χ2n) is 6.71. The van der Waals surface area contributed by atoms with Crippen LogP contribution >= 0.6 is 0 Å². The second kappa shape index (κ2) is 8.56. The van der Waals surface area contributed by atoms with E-state index >= 15 is 0 Å². The SMILES string of the molecule is COc1ccccc1Nc1nncc(Nc2ccc(N3CCCCC3)cc2)n1. The Morgan fingerprint density at radius 3 is 2.50 bits per heavy atom. The van der Waals surface area contributed by atoms with Crippen molar-refractivity contribution in [2.45, 2.75) is 19.3 Å². The molecule has 1 aliphatic rings. The van der Waals surface area contributed by atoms with Gasteiger partial charge in [0.25, 0.3) is 0 Å². The average molecular weight is 376 g/mol. The zero-order chi connectivity index (χ0) is 19.2. The number of rotatable bonds is 6. The number of hydrogen-bond donors (Lipinski definition) is 2. The zero-order valence-electron chi connectivity index (χ0n) is 15.9. The number of piperidine rings is 1. The van der Waals surface area contributed by atoms with Gasteiger partial charge in [0.05, 0.1) is 19.0 Å². The minimum absolute atomic E-state index is 0.402. The first-order valence-corrected chi connectivity index (χ1v) is 9.53. The van der Waals surface area contributed by atoms with Crippen LogP contribution in [-0.2, 0) is 0 Å². The Morgan fingerprint density at radius 2 is 1.71 bits per heavy atom. The highest BCUT2D eigenvalue weighted by Gasteiger charge is 2.11. The predicted molar refractivity (Wildman–Crippen MR) is 112 cm³/mol. The van der Waals surface area contributed by atoms with Gasteiger partial charge in [-0.25, -0.2) is 0 Å². The molecule has 28 heavy (non-hydrogen) atoms. The summed E-state index contributed by atoms with van der Waals surface area (Å²) in [6, 6.07) is 16.0. The van der Waals surface area contributed by atoms with Crippen molar-refractivity contribution < 1.29 is 4.74 Å². The van der Waals surface area contributed by atoms with E-state index in [9.17, 15) is 0 Å². The summed E-state index contributed by atoms with van der Waals surface area (Å²) in [5.41, 5.74) is 3.02. The van der Waals surface area contributed by atoms with E-state index in [1.165, 1.54) is 24.9 Å². The van der Waals surface area contributed by atoms with Crippen LogP contribution in [0.3, 0.4) is 0 Å². The highest BCUT2D eigenvalue weighted by Crippen LogP contribution is 2.26. The molecule has 7 heteroatoms. The van der Waals surface area contributed by atoms with Crippen LogP contribution in [0, 0.1) is 0 Å². The van der Waals surface area contributed by atoms with Gasteiger partial charge >= 0.3 is 0 Å². The van der Waals surface area contributed by atoms with Crippen molar-refractivity contribution in [3.63, 3.8) is 0 Å². The summed E-state index contributed by atoms with van der Waals surface area (Å²) >= 11 is 0. The number of nitrogens with zero attached hydrogens (tertiary/aromatic N) is 4. The van der Waals surface area contributed by atoms with Crippen molar-refractivity contribution in [3.8, 4) is 5.75 Å². The molecule has 0 saturated carbocycles. The highest BCUT2D eigenvalue weighted by atomic mass is 16.5. The average Bonchev–Trinajstić information content (AvgIpc) is 2.76. The molecule has 1 saturated heterocycles.